The molecular formula is C17H19Cl2N3O3S2. The first-order chi connectivity index (χ1) is 12.7. The zero-order valence-electron chi connectivity index (χ0n) is 14.7. The van der Waals surface area contributed by atoms with E-state index in [4.69, 9.17) is 23.2 Å². The Morgan fingerprint density at radius 2 is 1.96 bits per heavy atom. The van der Waals surface area contributed by atoms with Crippen LogP contribution in [0.5, 0.6) is 0 Å². The molecule has 2 heterocycles. The number of allylic oxidation sites excluding steroid dienone is 1. The maximum atomic E-state index is 12.7. The van der Waals surface area contributed by atoms with Gasteiger partial charge in [0.05, 0.1) is 26.5 Å². The van der Waals surface area contributed by atoms with Gasteiger partial charge in [0.25, 0.3) is 5.91 Å². The van der Waals surface area contributed by atoms with Crippen molar-refractivity contribution < 1.29 is 13.2 Å². The van der Waals surface area contributed by atoms with Crippen LogP contribution in [0.4, 0.5) is 0 Å². The van der Waals surface area contributed by atoms with Gasteiger partial charge in [0, 0.05) is 25.6 Å². The van der Waals surface area contributed by atoms with E-state index >= 15 is 0 Å². The molecule has 2 aromatic rings. The molecule has 0 N–H and O–H groups in total. The summed E-state index contributed by atoms with van der Waals surface area (Å²) in [5.41, 5.74) is 0.729. The molecule has 0 radical (unpaired) electrons. The molecule has 6 nitrogen and oxygen atoms in total. The second-order valence-corrected chi connectivity index (χ2v) is 10.2. The summed E-state index contributed by atoms with van der Waals surface area (Å²) in [7, 11) is -3.23. The Kier molecular flexibility index (Phi) is 6.12. The molecular weight excluding hydrogens is 429 g/mol. The number of sulfonamides is 1. The Hall–Kier alpha value is -1.19. The maximum Gasteiger partial charge on any atom is 0.251 e. The van der Waals surface area contributed by atoms with Gasteiger partial charge in [0.1, 0.15) is 0 Å². The standard InChI is InChI=1S/C17H19Cl2N3O3S2/c1-3-8-22-14-12(18)4-5-13(19)15(14)26-17(22)20-16(23)11-6-9-21(10-7-11)27(2,24)25/h3-5,11H,1,6-10H2,2H3. The van der Waals surface area contributed by atoms with Gasteiger partial charge in [0.15, 0.2) is 4.80 Å². The minimum Gasteiger partial charge on any atom is -0.311 e. The predicted molar refractivity (Wildman–Crippen MR) is 110 cm³/mol. The highest BCUT2D eigenvalue weighted by Gasteiger charge is 2.29. The van der Waals surface area contributed by atoms with Crippen molar-refractivity contribution in [1.29, 1.82) is 0 Å². The quantitative estimate of drug-likeness (QED) is 0.674. The van der Waals surface area contributed by atoms with Crippen molar-refractivity contribution in [3.8, 4) is 0 Å². The molecule has 3 rings (SSSR count). The van der Waals surface area contributed by atoms with Crippen LogP contribution in [0.2, 0.25) is 10.0 Å². The normalized spacial score (nSPS) is 17.5. The van der Waals surface area contributed by atoms with Crippen molar-refractivity contribution in [2.24, 2.45) is 10.9 Å². The van der Waals surface area contributed by atoms with E-state index in [0.717, 1.165) is 10.2 Å². The highest BCUT2D eigenvalue weighted by atomic mass is 35.5. The van der Waals surface area contributed by atoms with Gasteiger partial charge in [-0.15, -0.1) is 6.58 Å². The summed E-state index contributed by atoms with van der Waals surface area (Å²) in [5.74, 6) is -0.545. The first-order valence-corrected chi connectivity index (χ1v) is 11.8. The topological polar surface area (TPSA) is 71.7 Å². The Morgan fingerprint density at radius 1 is 1.33 bits per heavy atom. The molecule has 1 aromatic carbocycles. The lowest BCUT2D eigenvalue weighted by atomic mass is 9.98. The van der Waals surface area contributed by atoms with Gasteiger partial charge in [-0.1, -0.05) is 40.6 Å². The third-order valence-electron chi connectivity index (χ3n) is 4.52. The summed E-state index contributed by atoms with van der Waals surface area (Å²) in [4.78, 5) is 17.5. The fourth-order valence-electron chi connectivity index (χ4n) is 3.11. The third-order valence-corrected chi connectivity index (χ3v) is 7.66. The molecule has 0 saturated carbocycles. The van der Waals surface area contributed by atoms with Gasteiger partial charge in [-0.25, -0.2) is 12.7 Å². The predicted octanol–water partition coefficient (Wildman–Crippen LogP) is 3.29. The first kappa shape index (κ1) is 20.5. The smallest absolute Gasteiger partial charge is 0.251 e. The van der Waals surface area contributed by atoms with E-state index in [1.807, 2.05) is 4.57 Å². The number of benzene rings is 1. The van der Waals surface area contributed by atoms with Crippen LogP contribution in [-0.2, 0) is 21.4 Å². The molecule has 1 saturated heterocycles. The van der Waals surface area contributed by atoms with Gasteiger partial charge < -0.3 is 4.57 Å². The number of thiazole rings is 1. The van der Waals surface area contributed by atoms with E-state index in [9.17, 15) is 13.2 Å². The van der Waals surface area contributed by atoms with E-state index in [1.54, 1.807) is 18.2 Å². The van der Waals surface area contributed by atoms with Crippen LogP contribution in [0.1, 0.15) is 12.8 Å². The number of halogens is 2. The number of nitrogens with zero attached hydrogens (tertiary/aromatic N) is 3. The number of carbonyl (C=O) groups is 1. The van der Waals surface area contributed by atoms with Crippen molar-refractivity contribution in [3.63, 3.8) is 0 Å². The summed E-state index contributed by atoms with van der Waals surface area (Å²) < 4.78 is 27.2. The summed E-state index contributed by atoms with van der Waals surface area (Å²) in [6, 6.07) is 3.43. The van der Waals surface area contributed by atoms with Crippen molar-refractivity contribution in [2.45, 2.75) is 19.4 Å². The zero-order valence-corrected chi connectivity index (χ0v) is 17.8. The molecule has 1 aliphatic heterocycles. The van der Waals surface area contributed by atoms with Crippen molar-refractivity contribution in [3.05, 3.63) is 39.6 Å². The number of hydrogen-bond acceptors (Lipinski definition) is 4. The van der Waals surface area contributed by atoms with Gasteiger partial charge in [-0.2, -0.15) is 4.99 Å². The monoisotopic (exact) mass is 447 g/mol. The second-order valence-electron chi connectivity index (χ2n) is 6.38. The van der Waals surface area contributed by atoms with Crippen molar-refractivity contribution in [1.82, 2.24) is 8.87 Å². The van der Waals surface area contributed by atoms with Gasteiger partial charge in [-0.3, -0.25) is 4.79 Å². The molecule has 0 spiro atoms. The summed E-state index contributed by atoms with van der Waals surface area (Å²) in [6.07, 6.45) is 3.81. The zero-order chi connectivity index (χ0) is 19.8. The maximum absolute atomic E-state index is 12.7. The fraction of sp³-hybridized carbons (Fsp3) is 0.412. The number of piperidine rings is 1. The number of amides is 1. The van der Waals surface area contributed by atoms with E-state index in [1.165, 1.54) is 21.9 Å². The molecule has 27 heavy (non-hydrogen) atoms. The average Bonchev–Trinajstić information content (AvgIpc) is 2.97. The molecule has 1 fully saturated rings. The van der Waals surface area contributed by atoms with Crippen LogP contribution in [0.3, 0.4) is 0 Å². The Morgan fingerprint density at radius 3 is 2.56 bits per heavy atom. The Balaban J connectivity index is 1.95. The van der Waals surface area contributed by atoms with Gasteiger partial charge in [0.2, 0.25) is 10.0 Å². The highest BCUT2D eigenvalue weighted by molar-refractivity contribution is 7.88. The van der Waals surface area contributed by atoms with Crippen LogP contribution in [0, 0.1) is 5.92 Å². The fourth-order valence-corrected chi connectivity index (χ4v) is 5.65. The number of rotatable bonds is 4. The molecule has 10 heteroatoms. The number of fused-ring (bicyclic) bond motifs is 1. The SMILES string of the molecule is C=CCn1c(=NC(=O)C2CCN(S(C)(=O)=O)CC2)sc2c(Cl)ccc(Cl)c21. The molecule has 1 aromatic heterocycles. The third kappa shape index (κ3) is 4.30. The van der Waals surface area contributed by atoms with Crippen LogP contribution >= 0.6 is 34.5 Å². The molecule has 1 amide bonds. The van der Waals surface area contributed by atoms with E-state index < -0.39 is 10.0 Å². The molecule has 0 bridgehead atoms. The number of aromatic nitrogens is 1. The van der Waals surface area contributed by atoms with E-state index in [0.29, 0.717) is 47.3 Å². The van der Waals surface area contributed by atoms with Crippen LogP contribution in [0.15, 0.2) is 29.8 Å². The summed E-state index contributed by atoms with van der Waals surface area (Å²) in [6.45, 7) is 4.87. The summed E-state index contributed by atoms with van der Waals surface area (Å²) in [5, 5.41) is 1.08. The molecule has 1 aliphatic rings. The second kappa shape index (κ2) is 8.05. The number of hydrogen-bond donors (Lipinski definition) is 0. The average molecular weight is 448 g/mol. The minimum absolute atomic E-state index is 0.250. The molecule has 0 aliphatic carbocycles. The molecule has 0 atom stereocenters. The lowest BCUT2D eigenvalue weighted by Crippen LogP contribution is -2.39. The Labute approximate surface area is 171 Å². The molecule has 0 unspecified atom stereocenters. The van der Waals surface area contributed by atoms with Crippen LogP contribution < -0.4 is 4.80 Å². The van der Waals surface area contributed by atoms with Crippen molar-refractivity contribution in [2.75, 3.05) is 19.3 Å². The van der Waals surface area contributed by atoms with Crippen molar-refractivity contribution >= 4 is 60.7 Å². The van der Waals surface area contributed by atoms with Crippen LogP contribution in [-0.4, -0.2) is 42.5 Å². The summed E-state index contributed by atoms with van der Waals surface area (Å²) >= 11 is 13.9. The Bertz CT molecular complexity index is 1070. The molecule has 146 valence electrons. The highest BCUT2D eigenvalue weighted by Crippen LogP contribution is 2.32. The van der Waals surface area contributed by atoms with Gasteiger partial charge >= 0.3 is 0 Å². The lowest BCUT2D eigenvalue weighted by Gasteiger charge is -2.28. The minimum atomic E-state index is -3.23. The first-order valence-electron chi connectivity index (χ1n) is 8.34. The van der Waals surface area contributed by atoms with Crippen LogP contribution in [0.25, 0.3) is 10.2 Å². The lowest BCUT2D eigenvalue weighted by molar-refractivity contribution is -0.122. The van der Waals surface area contributed by atoms with E-state index in [2.05, 4.69) is 11.6 Å². The van der Waals surface area contributed by atoms with Gasteiger partial charge in [-0.05, 0) is 25.0 Å². The number of carbonyl (C=O) groups excluding carboxylic acids is 1. The van der Waals surface area contributed by atoms with E-state index in [-0.39, 0.29) is 11.8 Å². The largest absolute Gasteiger partial charge is 0.311 e.